The highest BCUT2D eigenvalue weighted by molar-refractivity contribution is 5.98. The highest BCUT2D eigenvalue weighted by Gasteiger charge is 2.38. The highest BCUT2D eigenvalue weighted by Crippen LogP contribution is 2.39. The van der Waals surface area contributed by atoms with Crippen molar-refractivity contribution in [3.63, 3.8) is 0 Å². The SMILES string of the molecule is CCOc1c(N)cccc1C(=O)N1CC2CCCC2C1. The molecule has 1 aromatic carbocycles. The van der Waals surface area contributed by atoms with Gasteiger partial charge in [-0.1, -0.05) is 12.5 Å². The van der Waals surface area contributed by atoms with E-state index in [9.17, 15) is 4.79 Å². The normalized spacial score (nSPS) is 24.8. The number of carbonyl (C=O) groups is 1. The van der Waals surface area contributed by atoms with E-state index in [1.54, 1.807) is 6.07 Å². The second-order valence-corrected chi connectivity index (χ2v) is 5.82. The Balaban J connectivity index is 1.82. The van der Waals surface area contributed by atoms with Gasteiger partial charge in [-0.3, -0.25) is 4.79 Å². The monoisotopic (exact) mass is 274 g/mol. The van der Waals surface area contributed by atoms with Gasteiger partial charge in [-0.15, -0.1) is 0 Å². The number of nitrogens with two attached hydrogens (primary N) is 1. The summed E-state index contributed by atoms with van der Waals surface area (Å²) in [5.41, 5.74) is 7.08. The molecule has 4 heteroatoms. The van der Waals surface area contributed by atoms with E-state index in [0.29, 0.717) is 35.4 Å². The largest absolute Gasteiger partial charge is 0.491 e. The Hall–Kier alpha value is -1.71. The first-order valence-electron chi connectivity index (χ1n) is 7.51. The van der Waals surface area contributed by atoms with Gasteiger partial charge in [0.25, 0.3) is 5.91 Å². The lowest BCUT2D eigenvalue weighted by Gasteiger charge is -2.20. The van der Waals surface area contributed by atoms with Crippen LogP contribution in [-0.2, 0) is 0 Å². The third-order valence-corrected chi connectivity index (χ3v) is 4.58. The molecule has 0 aromatic heterocycles. The van der Waals surface area contributed by atoms with Gasteiger partial charge in [0.05, 0.1) is 17.9 Å². The smallest absolute Gasteiger partial charge is 0.257 e. The zero-order valence-electron chi connectivity index (χ0n) is 12.0. The lowest BCUT2D eigenvalue weighted by atomic mass is 10.0. The molecule has 108 valence electrons. The zero-order valence-corrected chi connectivity index (χ0v) is 12.0. The van der Waals surface area contributed by atoms with Crippen LogP contribution in [0.3, 0.4) is 0 Å². The van der Waals surface area contributed by atoms with Crippen molar-refractivity contribution in [2.24, 2.45) is 11.8 Å². The molecular weight excluding hydrogens is 252 g/mol. The number of fused-ring (bicyclic) bond motifs is 1. The summed E-state index contributed by atoms with van der Waals surface area (Å²) < 4.78 is 5.57. The van der Waals surface area contributed by atoms with Crippen molar-refractivity contribution in [1.29, 1.82) is 0 Å². The molecule has 1 aliphatic heterocycles. The second kappa shape index (κ2) is 5.35. The third kappa shape index (κ3) is 2.23. The van der Waals surface area contributed by atoms with E-state index >= 15 is 0 Å². The van der Waals surface area contributed by atoms with Crippen LogP contribution in [0.25, 0.3) is 0 Å². The maximum atomic E-state index is 12.7. The van der Waals surface area contributed by atoms with Crippen LogP contribution in [-0.4, -0.2) is 30.5 Å². The van der Waals surface area contributed by atoms with Crippen molar-refractivity contribution in [1.82, 2.24) is 4.90 Å². The van der Waals surface area contributed by atoms with E-state index in [1.165, 1.54) is 19.3 Å². The number of hydrogen-bond donors (Lipinski definition) is 1. The first kappa shape index (κ1) is 13.3. The molecule has 1 amide bonds. The fourth-order valence-electron chi connectivity index (χ4n) is 3.60. The maximum Gasteiger partial charge on any atom is 0.257 e. The Bertz CT molecular complexity index is 503. The first-order chi connectivity index (χ1) is 9.70. The van der Waals surface area contributed by atoms with E-state index in [-0.39, 0.29) is 5.91 Å². The summed E-state index contributed by atoms with van der Waals surface area (Å²) in [6, 6.07) is 5.42. The lowest BCUT2D eigenvalue weighted by Crippen LogP contribution is -2.30. The van der Waals surface area contributed by atoms with Gasteiger partial charge in [0.1, 0.15) is 0 Å². The summed E-state index contributed by atoms with van der Waals surface area (Å²) >= 11 is 0. The van der Waals surface area contributed by atoms with E-state index in [4.69, 9.17) is 10.5 Å². The Kier molecular flexibility index (Phi) is 3.55. The summed E-state index contributed by atoms with van der Waals surface area (Å²) in [6.07, 6.45) is 3.85. The Morgan fingerprint density at radius 1 is 1.35 bits per heavy atom. The number of anilines is 1. The standard InChI is InChI=1S/C16H22N2O2/c1-2-20-15-13(7-4-8-14(15)17)16(19)18-9-11-5-3-6-12(11)10-18/h4,7-8,11-12H,2-3,5-6,9-10,17H2,1H3. The number of amides is 1. The van der Waals surface area contributed by atoms with E-state index in [1.807, 2.05) is 24.0 Å². The summed E-state index contributed by atoms with van der Waals surface area (Å²) in [5, 5.41) is 0. The molecule has 1 heterocycles. The minimum absolute atomic E-state index is 0.0650. The molecule has 20 heavy (non-hydrogen) atoms. The van der Waals surface area contributed by atoms with Crippen molar-refractivity contribution in [3.8, 4) is 5.75 Å². The molecule has 2 unspecified atom stereocenters. The molecule has 2 aliphatic rings. The van der Waals surface area contributed by atoms with Gasteiger partial charge >= 0.3 is 0 Å². The number of ether oxygens (including phenoxy) is 1. The Morgan fingerprint density at radius 2 is 2.05 bits per heavy atom. The molecule has 2 N–H and O–H groups in total. The predicted octanol–water partition coefficient (Wildman–Crippen LogP) is 2.54. The molecule has 0 bridgehead atoms. The number of para-hydroxylation sites is 1. The molecular formula is C16H22N2O2. The molecule has 3 rings (SSSR count). The minimum atomic E-state index is 0.0650. The number of nitrogens with zero attached hydrogens (tertiary/aromatic N) is 1. The molecule has 1 aliphatic carbocycles. The van der Waals surface area contributed by atoms with Gasteiger partial charge in [0.15, 0.2) is 5.75 Å². The number of carbonyl (C=O) groups excluding carboxylic acids is 1. The van der Waals surface area contributed by atoms with Crippen LogP contribution in [0.15, 0.2) is 18.2 Å². The van der Waals surface area contributed by atoms with Crippen molar-refractivity contribution in [2.45, 2.75) is 26.2 Å². The third-order valence-electron chi connectivity index (χ3n) is 4.58. The zero-order chi connectivity index (χ0) is 14.1. The maximum absolute atomic E-state index is 12.7. The molecule has 4 nitrogen and oxygen atoms in total. The van der Waals surface area contributed by atoms with E-state index < -0.39 is 0 Å². The summed E-state index contributed by atoms with van der Waals surface area (Å²) in [7, 11) is 0. The Labute approximate surface area is 119 Å². The van der Waals surface area contributed by atoms with Crippen LogP contribution in [0.5, 0.6) is 5.75 Å². The van der Waals surface area contributed by atoms with Crippen molar-refractivity contribution < 1.29 is 9.53 Å². The molecule has 0 radical (unpaired) electrons. The molecule has 2 atom stereocenters. The molecule has 1 saturated carbocycles. The van der Waals surface area contributed by atoms with Gasteiger partial charge in [0.2, 0.25) is 0 Å². The van der Waals surface area contributed by atoms with Crippen LogP contribution in [0, 0.1) is 11.8 Å². The van der Waals surface area contributed by atoms with Crippen molar-refractivity contribution >= 4 is 11.6 Å². The number of nitrogen functional groups attached to an aromatic ring is 1. The first-order valence-corrected chi connectivity index (χ1v) is 7.51. The predicted molar refractivity (Wildman–Crippen MR) is 78.8 cm³/mol. The van der Waals surface area contributed by atoms with Crippen LogP contribution in [0.4, 0.5) is 5.69 Å². The number of rotatable bonds is 3. The Morgan fingerprint density at radius 3 is 2.70 bits per heavy atom. The van der Waals surface area contributed by atoms with Gasteiger partial charge < -0.3 is 15.4 Å². The molecule has 1 saturated heterocycles. The van der Waals surface area contributed by atoms with E-state index in [0.717, 1.165) is 13.1 Å². The van der Waals surface area contributed by atoms with Crippen LogP contribution < -0.4 is 10.5 Å². The average molecular weight is 274 g/mol. The molecule has 1 aromatic rings. The summed E-state index contributed by atoms with van der Waals surface area (Å²) in [5.74, 6) is 2.01. The summed E-state index contributed by atoms with van der Waals surface area (Å²) in [4.78, 5) is 14.7. The topological polar surface area (TPSA) is 55.6 Å². The fourth-order valence-corrected chi connectivity index (χ4v) is 3.60. The second-order valence-electron chi connectivity index (χ2n) is 5.82. The summed E-state index contributed by atoms with van der Waals surface area (Å²) in [6.45, 7) is 4.20. The van der Waals surface area contributed by atoms with Gasteiger partial charge in [-0.25, -0.2) is 0 Å². The van der Waals surface area contributed by atoms with Crippen LogP contribution in [0.1, 0.15) is 36.5 Å². The number of benzene rings is 1. The van der Waals surface area contributed by atoms with Crippen LogP contribution >= 0.6 is 0 Å². The van der Waals surface area contributed by atoms with Crippen molar-refractivity contribution in [2.75, 3.05) is 25.4 Å². The minimum Gasteiger partial charge on any atom is -0.491 e. The molecule has 2 fully saturated rings. The van der Waals surface area contributed by atoms with Crippen molar-refractivity contribution in [3.05, 3.63) is 23.8 Å². The fraction of sp³-hybridized carbons (Fsp3) is 0.562. The van der Waals surface area contributed by atoms with E-state index in [2.05, 4.69) is 0 Å². The lowest BCUT2D eigenvalue weighted by molar-refractivity contribution is 0.0776. The highest BCUT2D eigenvalue weighted by atomic mass is 16.5. The van der Waals surface area contributed by atoms with Gasteiger partial charge in [-0.05, 0) is 43.7 Å². The quantitative estimate of drug-likeness (QED) is 0.862. The number of likely N-dealkylation sites (tertiary alicyclic amines) is 1. The van der Waals surface area contributed by atoms with Crippen LogP contribution in [0.2, 0.25) is 0 Å². The average Bonchev–Trinajstić information content (AvgIpc) is 3.01. The van der Waals surface area contributed by atoms with Gasteiger partial charge in [0, 0.05) is 13.1 Å². The number of hydrogen-bond acceptors (Lipinski definition) is 3. The van der Waals surface area contributed by atoms with Gasteiger partial charge in [-0.2, -0.15) is 0 Å². The molecule has 0 spiro atoms.